The first-order chi connectivity index (χ1) is 9.59. The van der Waals surface area contributed by atoms with Crippen molar-refractivity contribution in [1.29, 1.82) is 0 Å². The fraction of sp³-hybridized carbons (Fsp3) is 0.467. The molecule has 1 amide bonds. The molecule has 5 heteroatoms. The molecule has 1 atom stereocenters. The summed E-state index contributed by atoms with van der Waals surface area (Å²) >= 11 is 0. The van der Waals surface area contributed by atoms with Crippen LogP contribution in [0.5, 0.6) is 0 Å². The molecule has 108 valence electrons. The normalized spacial score (nSPS) is 18.4. The second-order valence-corrected chi connectivity index (χ2v) is 5.28. The highest BCUT2D eigenvalue weighted by Gasteiger charge is 2.43. The van der Waals surface area contributed by atoms with Crippen LogP contribution in [0.15, 0.2) is 30.3 Å². The summed E-state index contributed by atoms with van der Waals surface area (Å²) in [6, 6.07) is 9.21. The third-order valence-corrected chi connectivity index (χ3v) is 3.98. The summed E-state index contributed by atoms with van der Waals surface area (Å²) in [5.74, 6) is -1.76. The number of carboxylic acids is 1. The number of carboxylic acid groups (broad SMARTS) is 1. The summed E-state index contributed by atoms with van der Waals surface area (Å²) in [6.45, 7) is 0.158. The smallest absolute Gasteiger partial charge is 0.329 e. The van der Waals surface area contributed by atoms with Crippen molar-refractivity contribution in [2.75, 3.05) is 6.54 Å². The highest BCUT2D eigenvalue weighted by Crippen LogP contribution is 2.30. The summed E-state index contributed by atoms with van der Waals surface area (Å²) in [7, 11) is 0. The predicted molar refractivity (Wildman–Crippen MR) is 75.2 cm³/mol. The monoisotopic (exact) mass is 276 g/mol. The van der Waals surface area contributed by atoms with E-state index >= 15 is 0 Å². The molecule has 0 radical (unpaired) electrons. The van der Waals surface area contributed by atoms with Crippen LogP contribution in [0.1, 0.15) is 37.2 Å². The highest BCUT2D eigenvalue weighted by atomic mass is 16.4. The number of nitrogens with one attached hydrogen (secondary N) is 1. The molecule has 1 aliphatic carbocycles. The maximum atomic E-state index is 12.4. The fourth-order valence-corrected chi connectivity index (χ4v) is 2.77. The van der Waals surface area contributed by atoms with E-state index in [9.17, 15) is 14.7 Å². The molecule has 1 aromatic carbocycles. The van der Waals surface area contributed by atoms with Gasteiger partial charge >= 0.3 is 5.97 Å². The number of hydrogen-bond acceptors (Lipinski definition) is 3. The van der Waals surface area contributed by atoms with Crippen LogP contribution in [-0.4, -0.2) is 29.1 Å². The standard InChI is InChI=1S/C15H20N2O3/c16-10-12(11-6-2-1-3-7-11)13(18)17-15(14(19)20)8-4-5-9-15/h1-3,6-7,12H,4-5,8-10,16H2,(H,17,18)(H,19,20). The summed E-state index contributed by atoms with van der Waals surface area (Å²) in [5.41, 5.74) is 5.39. The van der Waals surface area contributed by atoms with E-state index in [-0.39, 0.29) is 12.5 Å². The zero-order valence-electron chi connectivity index (χ0n) is 11.3. The number of benzene rings is 1. The van der Waals surface area contributed by atoms with E-state index in [4.69, 9.17) is 5.73 Å². The first-order valence-corrected chi connectivity index (χ1v) is 6.89. The Morgan fingerprint density at radius 1 is 1.25 bits per heavy atom. The highest BCUT2D eigenvalue weighted by molar-refractivity contribution is 5.90. The van der Waals surface area contributed by atoms with Crippen molar-refractivity contribution in [1.82, 2.24) is 5.32 Å². The van der Waals surface area contributed by atoms with Crippen molar-refractivity contribution in [2.24, 2.45) is 5.73 Å². The number of aliphatic carboxylic acids is 1. The van der Waals surface area contributed by atoms with Gasteiger partial charge in [0.1, 0.15) is 5.54 Å². The van der Waals surface area contributed by atoms with E-state index in [1.54, 1.807) is 0 Å². The van der Waals surface area contributed by atoms with Crippen molar-refractivity contribution in [3.63, 3.8) is 0 Å². The predicted octanol–water partition coefficient (Wildman–Crippen LogP) is 1.24. The molecule has 1 unspecified atom stereocenters. The molecule has 1 saturated carbocycles. The number of carbonyl (C=O) groups excluding carboxylic acids is 1. The van der Waals surface area contributed by atoms with Gasteiger partial charge in [0.2, 0.25) is 5.91 Å². The number of carbonyl (C=O) groups is 2. The molecule has 0 aliphatic heterocycles. The van der Waals surface area contributed by atoms with Gasteiger partial charge in [-0.15, -0.1) is 0 Å². The van der Waals surface area contributed by atoms with E-state index in [0.717, 1.165) is 18.4 Å². The number of amides is 1. The number of nitrogens with two attached hydrogens (primary N) is 1. The molecule has 4 N–H and O–H groups in total. The fourth-order valence-electron chi connectivity index (χ4n) is 2.77. The Bertz CT molecular complexity index is 481. The minimum atomic E-state index is -1.11. The van der Waals surface area contributed by atoms with Crippen molar-refractivity contribution in [3.05, 3.63) is 35.9 Å². The van der Waals surface area contributed by atoms with Crippen LogP contribution in [0.2, 0.25) is 0 Å². The van der Waals surface area contributed by atoms with Crippen LogP contribution in [0, 0.1) is 0 Å². The summed E-state index contributed by atoms with van der Waals surface area (Å²) in [5, 5.41) is 12.1. The van der Waals surface area contributed by atoms with Crippen LogP contribution in [0.25, 0.3) is 0 Å². The largest absolute Gasteiger partial charge is 0.480 e. The van der Waals surface area contributed by atoms with Gasteiger partial charge < -0.3 is 16.2 Å². The molecule has 1 aromatic rings. The average molecular weight is 276 g/mol. The van der Waals surface area contributed by atoms with E-state index in [1.807, 2.05) is 30.3 Å². The van der Waals surface area contributed by atoms with Crippen LogP contribution in [0.3, 0.4) is 0 Å². The Kier molecular flexibility index (Phi) is 4.39. The second-order valence-electron chi connectivity index (χ2n) is 5.28. The van der Waals surface area contributed by atoms with E-state index < -0.39 is 17.4 Å². The lowest BCUT2D eigenvalue weighted by Gasteiger charge is -2.27. The van der Waals surface area contributed by atoms with Gasteiger partial charge in [-0.3, -0.25) is 4.79 Å². The molecule has 20 heavy (non-hydrogen) atoms. The van der Waals surface area contributed by atoms with Gasteiger partial charge in [-0.25, -0.2) is 4.79 Å². The maximum absolute atomic E-state index is 12.4. The average Bonchev–Trinajstić information content (AvgIpc) is 2.90. The van der Waals surface area contributed by atoms with E-state index in [1.165, 1.54) is 0 Å². The second kappa shape index (κ2) is 6.05. The van der Waals surface area contributed by atoms with Crippen LogP contribution in [0.4, 0.5) is 0 Å². The minimum absolute atomic E-state index is 0.158. The summed E-state index contributed by atoms with van der Waals surface area (Å²) < 4.78 is 0. The molecule has 0 saturated heterocycles. The molecule has 0 heterocycles. The molecule has 0 spiro atoms. The molecule has 1 fully saturated rings. The lowest BCUT2D eigenvalue weighted by molar-refractivity contribution is -0.147. The maximum Gasteiger partial charge on any atom is 0.329 e. The van der Waals surface area contributed by atoms with Crippen LogP contribution < -0.4 is 11.1 Å². The van der Waals surface area contributed by atoms with Gasteiger partial charge in [-0.1, -0.05) is 43.2 Å². The van der Waals surface area contributed by atoms with Gasteiger partial charge in [0.05, 0.1) is 5.92 Å². The number of rotatable bonds is 5. The third kappa shape index (κ3) is 2.82. The molecular formula is C15H20N2O3. The SMILES string of the molecule is NCC(C(=O)NC1(C(=O)O)CCCC1)c1ccccc1. The minimum Gasteiger partial charge on any atom is -0.480 e. The van der Waals surface area contributed by atoms with Gasteiger partial charge in [0.15, 0.2) is 0 Å². The van der Waals surface area contributed by atoms with Crippen LogP contribution >= 0.6 is 0 Å². The van der Waals surface area contributed by atoms with Crippen molar-refractivity contribution in [3.8, 4) is 0 Å². The Morgan fingerprint density at radius 2 is 1.85 bits per heavy atom. The zero-order valence-corrected chi connectivity index (χ0v) is 11.3. The van der Waals surface area contributed by atoms with E-state index in [0.29, 0.717) is 12.8 Å². The first-order valence-electron chi connectivity index (χ1n) is 6.89. The third-order valence-electron chi connectivity index (χ3n) is 3.98. The first kappa shape index (κ1) is 14.5. The number of hydrogen-bond donors (Lipinski definition) is 3. The molecule has 5 nitrogen and oxygen atoms in total. The van der Waals surface area contributed by atoms with Gasteiger partial charge in [0.25, 0.3) is 0 Å². The zero-order chi connectivity index (χ0) is 14.6. The Labute approximate surface area is 118 Å². The lowest BCUT2D eigenvalue weighted by atomic mass is 9.93. The summed E-state index contributed by atoms with van der Waals surface area (Å²) in [6.07, 6.45) is 2.62. The molecular weight excluding hydrogens is 256 g/mol. The quantitative estimate of drug-likeness (QED) is 0.754. The molecule has 0 aromatic heterocycles. The Balaban J connectivity index is 2.15. The Hall–Kier alpha value is -1.88. The topological polar surface area (TPSA) is 92.4 Å². The van der Waals surface area contributed by atoms with Gasteiger partial charge in [0, 0.05) is 6.54 Å². The van der Waals surface area contributed by atoms with Gasteiger partial charge in [-0.2, -0.15) is 0 Å². The van der Waals surface area contributed by atoms with Gasteiger partial charge in [-0.05, 0) is 18.4 Å². The summed E-state index contributed by atoms with van der Waals surface area (Å²) in [4.78, 5) is 23.8. The van der Waals surface area contributed by atoms with Crippen LogP contribution in [-0.2, 0) is 9.59 Å². The molecule has 0 bridgehead atoms. The van der Waals surface area contributed by atoms with Crippen molar-refractivity contribution >= 4 is 11.9 Å². The molecule has 1 aliphatic rings. The Morgan fingerprint density at radius 3 is 2.35 bits per heavy atom. The van der Waals surface area contributed by atoms with E-state index in [2.05, 4.69) is 5.32 Å². The molecule has 2 rings (SSSR count). The van der Waals surface area contributed by atoms with Crippen molar-refractivity contribution < 1.29 is 14.7 Å². The lowest BCUT2D eigenvalue weighted by Crippen LogP contribution is -2.54. The van der Waals surface area contributed by atoms with Crippen molar-refractivity contribution in [2.45, 2.75) is 37.1 Å².